The molecule has 1 aliphatic rings. The maximum atomic E-state index is 11.7. The smallest absolute Gasteiger partial charge is 0.307 e. The Bertz CT molecular complexity index is 430. The molecule has 0 saturated heterocycles. The minimum Gasteiger partial charge on any atom is -0.469 e. The van der Waals surface area contributed by atoms with Gasteiger partial charge in [-0.25, -0.2) is 0 Å². The molecule has 0 fully saturated rings. The van der Waals surface area contributed by atoms with E-state index in [4.69, 9.17) is 4.74 Å². The Hall–Kier alpha value is -1.35. The largest absolute Gasteiger partial charge is 0.469 e. The quantitative estimate of drug-likeness (QED) is 0.812. The van der Waals surface area contributed by atoms with Crippen LogP contribution in [0.4, 0.5) is 0 Å². The second-order valence-corrected chi connectivity index (χ2v) is 4.92. The number of hydrogen-bond donors (Lipinski definition) is 1. The number of nitrogens with one attached hydrogen (secondary N) is 1. The van der Waals surface area contributed by atoms with Crippen LogP contribution in [0.3, 0.4) is 0 Å². The SMILES string of the molecule is CCCNC1(CC(=O)OC)CCc2ccccc21. The molecule has 0 heterocycles. The van der Waals surface area contributed by atoms with Crippen molar-refractivity contribution in [2.24, 2.45) is 0 Å². The molecule has 0 aliphatic heterocycles. The predicted molar refractivity (Wildman–Crippen MR) is 71.4 cm³/mol. The van der Waals surface area contributed by atoms with Gasteiger partial charge < -0.3 is 10.1 Å². The van der Waals surface area contributed by atoms with Crippen molar-refractivity contribution in [2.45, 2.75) is 38.1 Å². The molecule has 0 amide bonds. The Morgan fingerprint density at radius 1 is 1.44 bits per heavy atom. The molecule has 0 spiro atoms. The summed E-state index contributed by atoms with van der Waals surface area (Å²) in [7, 11) is 1.46. The zero-order valence-corrected chi connectivity index (χ0v) is 11.2. The number of ether oxygens (including phenoxy) is 1. The van der Waals surface area contributed by atoms with Crippen LogP contribution in [0.25, 0.3) is 0 Å². The number of methoxy groups -OCH3 is 1. The van der Waals surface area contributed by atoms with Gasteiger partial charge in [-0.05, 0) is 36.9 Å². The number of esters is 1. The summed E-state index contributed by atoms with van der Waals surface area (Å²) in [4.78, 5) is 11.7. The topological polar surface area (TPSA) is 38.3 Å². The first-order valence-corrected chi connectivity index (χ1v) is 6.62. The van der Waals surface area contributed by atoms with Crippen LogP contribution in [0.15, 0.2) is 24.3 Å². The minimum atomic E-state index is -0.223. The van der Waals surface area contributed by atoms with Gasteiger partial charge in [-0.3, -0.25) is 4.79 Å². The predicted octanol–water partition coefficient (Wildman–Crippen LogP) is 2.39. The van der Waals surface area contributed by atoms with Crippen LogP contribution in [-0.2, 0) is 21.5 Å². The van der Waals surface area contributed by atoms with E-state index >= 15 is 0 Å². The van der Waals surface area contributed by atoms with Gasteiger partial charge in [-0.2, -0.15) is 0 Å². The van der Waals surface area contributed by atoms with Crippen LogP contribution in [0.2, 0.25) is 0 Å². The second kappa shape index (κ2) is 5.53. The summed E-state index contributed by atoms with van der Waals surface area (Å²) in [5, 5.41) is 3.57. The average molecular weight is 247 g/mol. The maximum absolute atomic E-state index is 11.7. The molecule has 0 aromatic heterocycles. The standard InChI is InChI=1S/C15H21NO2/c1-3-10-16-15(11-14(17)18-2)9-8-12-6-4-5-7-13(12)15/h4-7,16H,3,8-11H2,1-2H3. The Morgan fingerprint density at radius 3 is 2.94 bits per heavy atom. The highest BCUT2D eigenvalue weighted by Gasteiger charge is 2.39. The lowest BCUT2D eigenvalue weighted by atomic mass is 9.88. The molecule has 1 aliphatic carbocycles. The summed E-state index contributed by atoms with van der Waals surface area (Å²) in [6, 6.07) is 8.40. The van der Waals surface area contributed by atoms with E-state index in [0.29, 0.717) is 6.42 Å². The molecule has 3 nitrogen and oxygen atoms in total. The highest BCUT2D eigenvalue weighted by Crippen LogP contribution is 2.39. The van der Waals surface area contributed by atoms with Gasteiger partial charge in [0, 0.05) is 0 Å². The molecule has 98 valence electrons. The summed E-state index contributed by atoms with van der Waals surface area (Å²) >= 11 is 0. The molecular weight excluding hydrogens is 226 g/mol. The van der Waals surface area contributed by atoms with Crippen molar-refractivity contribution >= 4 is 5.97 Å². The second-order valence-electron chi connectivity index (χ2n) is 4.92. The molecule has 1 N–H and O–H groups in total. The van der Waals surface area contributed by atoms with Crippen molar-refractivity contribution in [1.29, 1.82) is 0 Å². The van der Waals surface area contributed by atoms with Gasteiger partial charge >= 0.3 is 5.97 Å². The lowest BCUT2D eigenvalue weighted by Crippen LogP contribution is -2.43. The zero-order chi connectivity index (χ0) is 13.0. The molecule has 1 atom stereocenters. The lowest BCUT2D eigenvalue weighted by molar-refractivity contribution is -0.142. The summed E-state index contributed by atoms with van der Waals surface area (Å²) in [5.41, 5.74) is 2.40. The third-order valence-electron chi connectivity index (χ3n) is 3.74. The van der Waals surface area contributed by atoms with E-state index in [0.717, 1.165) is 25.8 Å². The molecule has 1 aromatic rings. The van der Waals surface area contributed by atoms with Gasteiger partial charge in [-0.1, -0.05) is 31.2 Å². The zero-order valence-electron chi connectivity index (χ0n) is 11.2. The van der Waals surface area contributed by atoms with Gasteiger partial charge in [0.15, 0.2) is 0 Å². The molecule has 18 heavy (non-hydrogen) atoms. The molecule has 0 saturated carbocycles. The van der Waals surface area contributed by atoms with E-state index in [1.54, 1.807) is 0 Å². The number of benzene rings is 1. The number of carbonyl (C=O) groups excluding carboxylic acids is 1. The molecule has 3 heteroatoms. The van der Waals surface area contributed by atoms with Gasteiger partial charge in [0.1, 0.15) is 0 Å². The van der Waals surface area contributed by atoms with E-state index in [1.165, 1.54) is 18.2 Å². The Labute approximate surface area is 109 Å². The fraction of sp³-hybridized carbons (Fsp3) is 0.533. The fourth-order valence-electron chi connectivity index (χ4n) is 2.80. The summed E-state index contributed by atoms with van der Waals surface area (Å²) in [5.74, 6) is -0.143. The molecular formula is C15H21NO2. The van der Waals surface area contributed by atoms with Crippen LogP contribution in [-0.4, -0.2) is 19.6 Å². The van der Waals surface area contributed by atoms with Crippen molar-refractivity contribution in [2.75, 3.05) is 13.7 Å². The van der Waals surface area contributed by atoms with E-state index < -0.39 is 0 Å². The normalized spacial score (nSPS) is 21.7. The van der Waals surface area contributed by atoms with Gasteiger partial charge in [0.25, 0.3) is 0 Å². The molecule has 1 unspecified atom stereocenters. The van der Waals surface area contributed by atoms with E-state index in [-0.39, 0.29) is 11.5 Å². The average Bonchev–Trinajstić information content (AvgIpc) is 2.76. The molecule has 0 radical (unpaired) electrons. The summed E-state index contributed by atoms with van der Waals surface area (Å²) in [6.45, 7) is 3.06. The lowest BCUT2D eigenvalue weighted by Gasteiger charge is -2.31. The Balaban J connectivity index is 2.29. The van der Waals surface area contributed by atoms with E-state index in [9.17, 15) is 4.79 Å². The Kier molecular flexibility index (Phi) is 4.02. The molecule has 1 aromatic carbocycles. The van der Waals surface area contributed by atoms with Crippen LogP contribution in [0.5, 0.6) is 0 Å². The first-order chi connectivity index (χ1) is 8.72. The van der Waals surface area contributed by atoms with E-state index in [1.807, 2.05) is 6.07 Å². The number of carbonyl (C=O) groups is 1. The van der Waals surface area contributed by atoms with Crippen molar-refractivity contribution in [1.82, 2.24) is 5.32 Å². The van der Waals surface area contributed by atoms with Crippen molar-refractivity contribution in [3.05, 3.63) is 35.4 Å². The third kappa shape index (κ3) is 2.41. The van der Waals surface area contributed by atoms with Crippen molar-refractivity contribution < 1.29 is 9.53 Å². The third-order valence-corrected chi connectivity index (χ3v) is 3.74. The fourth-order valence-corrected chi connectivity index (χ4v) is 2.80. The van der Waals surface area contributed by atoms with Gasteiger partial charge in [0.05, 0.1) is 19.1 Å². The number of aryl methyl sites for hydroxylation is 1. The number of fused-ring (bicyclic) bond motifs is 1. The van der Waals surface area contributed by atoms with Crippen LogP contribution in [0.1, 0.15) is 37.3 Å². The van der Waals surface area contributed by atoms with Gasteiger partial charge in [-0.15, -0.1) is 0 Å². The first kappa shape index (κ1) is 13.1. The van der Waals surface area contributed by atoms with Gasteiger partial charge in [0.2, 0.25) is 0 Å². The summed E-state index contributed by atoms with van der Waals surface area (Å²) < 4.78 is 4.85. The molecule has 0 bridgehead atoms. The number of rotatable bonds is 5. The highest BCUT2D eigenvalue weighted by molar-refractivity contribution is 5.71. The van der Waals surface area contributed by atoms with Crippen molar-refractivity contribution in [3.63, 3.8) is 0 Å². The van der Waals surface area contributed by atoms with Crippen LogP contribution >= 0.6 is 0 Å². The number of hydrogen-bond acceptors (Lipinski definition) is 3. The van der Waals surface area contributed by atoms with Crippen LogP contribution < -0.4 is 5.32 Å². The Morgan fingerprint density at radius 2 is 2.22 bits per heavy atom. The van der Waals surface area contributed by atoms with Crippen LogP contribution in [0, 0.1) is 0 Å². The maximum Gasteiger partial charge on any atom is 0.307 e. The molecule has 2 rings (SSSR count). The van der Waals surface area contributed by atoms with E-state index in [2.05, 4.69) is 30.4 Å². The van der Waals surface area contributed by atoms with Crippen molar-refractivity contribution in [3.8, 4) is 0 Å². The first-order valence-electron chi connectivity index (χ1n) is 6.62. The monoisotopic (exact) mass is 247 g/mol. The highest BCUT2D eigenvalue weighted by atomic mass is 16.5. The minimum absolute atomic E-state index is 0.143. The summed E-state index contributed by atoms with van der Waals surface area (Å²) in [6.07, 6.45) is 3.48.